The van der Waals surface area contributed by atoms with Crippen molar-refractivity contribution in [2.75, 3.05) is 37.7 Å². The van der Waals surface area contributed by atoms with Gasteiger partial charge in [0.15, 0.2) is 0 Å². The van der Waals surface area contributed by atoms with Crippen molar-refractivity contribution in [3.63, 3.8) is 0 Å². The Labute approximate surface area is 160 Å². The summed E-state index contributed by atoms with van der Waals surface area (Å²) in [5.41, 5.74) is 0.291. The number of rotatable bonds is 5. The number of hydrogen-bond acceptors (Lipinski definition) is 6. The molecule has 1 aromatic rings. The van der Waals surface area contributed by atoms with Crippen molar-refractivity contribution in [1.29, 1.82) is 0 Å². The Morgan fingerprint density at radius 3 is 2.52 bits per heavy atom. The Morgan fingerprint density at radius 1 is 1.19 bits per heavy atom. The molecule has 3 rings (SSSR count). The second-order valence-corrected chi connectivity index (χ2v) is 9.01. The first-order chi connectivity index (χ1) is 12.9. The summed E-state index contributed by atoms with van der Waals surface area (Å²) in [7, 11) is -3.72. The van der Waals surface area contributed by atoms with Crippen LogP contribution in [-0.4, -0.2) is 56.5 Å². The van der Waals surface area contributed by atoms with Crippen LogP contribution in [0, 0.1) is 10.1 Å². The third-order valence-electron chi connectivity index (χ3n) is 5.28. The van der Waals surface area contributed by atoms with Crippen LogP contribution in [0.5, 0.6) is 0 Å². The van der Waals surface area contributed by atoms with Gasteiger partial charge >= 0.3 is 0 Å². The van der Waals surface area contributed by atoms with E-state index in [0.717, 1.165) is 32.1 Å². The minimum atomic E-state index is -3.72. The minimum Gasteiger partial charge on any atom is -0.375 e. The predicted molar refractivity (Wildman–Crippen MR) is 103 cm³/mol. The number of morpholine rings is 1. The topological polar surface area (TPSA) is 93.0 Å². The van der Waals surface area contributed by atoms with Crippen LogP contribution >= 0.6 is 0 Å². The Bertz CT molecular complexity index is 775. The smallest absolute Gasteiger partial charge is 0.293 e. The predicted octanol–water partition coefficient (Wildman–Crippen LogP) is 2.77. The number of nitro groups is 1. The zero-order valence-electron chi connectivity index (χ0n) is 15.7. The summed E-state index contributed by atoms with van der Waals surface area (Å²) in [5, 5.41) is 11.7. The van der Waals surface area contributed by atoms with Gasteiger partial charge < -0.3 is 9.64 Å². The highest BCUT2D eigenvalue weighted by Crippen LogP contribution is 2.33. The van der Waals surface area contributed by atoms with E-state index in [4.69, 9.17) is 4.74 Å². The lowest BCUT2D eigenvalue weighted by Crippen LogP contribution is -2.42. The van der Waals surface area contributed by atoms with Crippen molar-refractivity contribution in [2.24, 2.45) is 0 Å². The molecule has 0 unspecified atom stereocenters. The van der Waals surface area contributed by atoms with Gasteiger partial charge in [-0.05, 0) is 31.4 Å². The van der Waals surface area contributed by atoms with Crippen molar-refractivity contribution in [3.05, 3.63) is 28.3 Å². The van der Waals surface area contributed by atoms with Crippen LogP contribution in [0.4, 0.5) is 11.4 Å². The first kappa shape index (κ1) is 20.0. The normalized spacial score (nSPS) is 22.4. The number of nitrogens with zero attached hydrogens (tertiary/aromatic N) is 3. The maximum Gasteiger partial charge on any atom is 0.293 e. The van der Waals surface area contributed by atoms with Crippen molar-refractivity contribution in [2.45, 2.75) is 50.0 Å². The lowest BCUT2D eigenvalue weighted by molar-refractivity contribution is -0.384. The summed E-state index contributed by atoms with van der Waals surface area (Å²) < 4.78 is 33.0. The van der Waals surface area contributed by atoms with Crippen LogP contribution in [0.3, 0.4) is 0 Å². The maximum absolute atomic E-state index is 13.0. The third kappa shape index (κ3) is 4.41. The van der Waals surface area contributed by atoms with Gasteiger partial charge in [-0.1, -0.05) is 19.8 Å². The number of anilines is 1. The summed E-state index contributed by atoms with van der Waals surface area (Å²) in [4.78, 5) is 13.1. The van der Waals surface area contributed by atoms with E-state index < -0.39 is 14.9 Å². The van der Waals surface area contributed by atoms with Crippen LogP contribution < -0.4 is 4.90 Å². The Balaban J connectivity index is 1.92. The number of ether oxygens (including phenoxy) is 1. The van der Waals surface area contributed by atoms with Crippen LogP contribution in [0.2, 0.25) is 0 Å². The molecular weight excluding hydrogens is 370 g/mol. The highest BCUT2D eigenvalue weighted by atomic mass is 32.2. The molecule has 2 aliphatic heterocycles. The molecule has 2 fully saturated rings. The Kier molecular flexibility index (Phi) is 6.33. The number of benzene rings is 1. The van der Waals surface area contributed by atoms with Gasteiger partial charge in [-0.2, -0.15) is 4.31 Å². The summed E-state index contributed by atoms with van der Waals surface area (Å²) in [6, 6.07) is 4.28. The fraction of sp³-hybridized carbons (Fsp3) is 0.667. The van der Waals surface area contributed by atoms with Crippen LogP contribution in [-0.2, 0) is 14.8 Å². The average molecular weight is 397 g/mol. The first-order valence-electron chi connectivity index (χ1n) is 9.58. The molecule has 0 radical (unpaired) electrons. The maximum atomic E-state index is 13.0. The quantitative estimate of drug-likeness (QED) is 0.560. The van der Waals surface area contributed by atoms with Gasteiger partial charge in [-0.3, -0.25) is 10.1 Å². The molecular formula is C18H27N3O5S. The van der Waals surface area contributed by atoms with Crippen molar-refractivity contribution < 1.29 is 18.1 Å². The van der Waals surface area contributed by atoms with Gasteiger partial charge in [-0.25, -0.2) is 8.42 Å². The molecule has 8 nitrogen and oxygen atoms in total. The first-order valence-corrected chi connectivity index (χ1v) is 11.0. The summed E-state index contributed by atoms with van der Waals surface area (Å²) in [6.45, 7) is 4.58. The standard InChI is InChI=1S/C18H27N3O5S/c1-2-15-14-19(11-12-26-15)17-8-7-16(13-18(17)21(22)23)27(24,25)20-9-5-3-4-6-10-20/h7-8,13,15H,2-6,9-12,14H2,1H3/t15-/m1/s1. The summed E-state index contributed by atoms with van der Waals surface area (Å²) >= 11 is 0. The van der Waals surface area contributed by atoms with Crippen LogP contribution in [0.25, 0.3) is 0 Å². The van der Waals surface area contributed by atoms with Gasteiger partial charge in [0.1, 0.15) is 5.69 Å². The summed E-state index contributed by atoms with van der Waals surface area (Å²) in [5.74, 6) is 0. The molecule has 0 saturated carbocycles. The number of hydrogen-bond donors (Lipinski definition) is 0. The Morgan fingerprint density at radius 2 is 1.89 bits per heavy atom. The Hall–Kier alpha value is -1.71. The lowest BCUT2D eigenvalue weighted by atomic mass is 10.2. The fourth-order valence-electron chi connectivity index (χ4n) is 3.69. The summed E-state index contributed by atoms with van der Waals surface area (Å²) in [6.07, 6.45) is 4.53. The van der Waals surface area contributed by atoms with Crippen molar-refractivity contribution in [3.8, 4) is 0 Å². The molecule has 1 aromatic carbocycles. The van der Waals surface area contributed by atoms with E-state index in [2.05, 4.69) is 0 Å². The molecule has 2 saturated heterocycles. The average Bonchev–Trinajstić information content (AvgIpc) is 2.97. The van der Waals surface area contributed by atoms with E-state index in [1.807, 2.05) is 11.8 Å². The fourth-order valence-corrected chi connectivity index (χ4v) is 5.23. The van der Waals surface area contributed by atoms with Crippen LogP contribution in [0.1, 0.15) is 39.0 Å². The van der Waals surface area contributed by atoms with Crippen molar-refractivity contribution >= 4 is 21.4 Å². The van der Waals surface area contributed by atoms with E-state index in [9.17, 15) is 18.5 Å². The molecule has 0 bridgehead atoms. The molecule has 27 heavy (non-hydrogen) atoms. The zero-order chi connectivity index (χ0) is 19.4. The van der Waals surface area contributed by atoms with Gasteiger partial charge in [0.05, 0.1) is 22.5 Å². The van der Waals surface area contributed by atoms with Gasteiger partial charge in [-0.15, -0.1) is 0 Å². The molecule has 150 valence electrons. The van der Waals surface area contributed by atoms with Crippen LogP contribution in [0.15, 0.2) is 23.1 Å². The lowest BCUT2D eigenvalue weighted by Gasteiger charge is -2.33. The minimum absolute atomic E-state index is 0.000140. The van der Waals surface area contributed by atoms with Gasteiger partial charge in [0.2, 0.25) is 10.0 Å². The second kappa shape index (κ2) is 8.53. The van der Waals surface area contributed by atoms with E-state index >= 15 is 0 Å². The monoisotopic (exact) mass is 397 g/mol. The molecule has 0 aliphatic carbocycles. The highest BCUT2D eigenvalue weighted by molar-refractivity contribution is 7.89. The molecule has 2 aliphatic rings. The number of nitro benzene ring substituents is 1. The molecule has 2 heterocycles. The second-order valence-electron chi connectivity index (χ2n) is 7.07. The molecule has 0 aromatic heterocycles. The molecule has 1 atom stereocenters. The molecule has 0 spiro atoms. The van der Waals surface area contributed by atoms with E-state index in [1.165, 1.54) is 16.4 Å². The largest absolute Gasteiger partial charge is 0.375 e. The number of sulfonamides is 1. The van der Waals surface area contributed by atoms with E-state index in [0.29, 0.717) is 38.5 Å². The van der Waals surface area contributed by atoms with Crippen molar-refractivity contribution in [1.82, 2.24) is 4.31 Å². The van der Waals surface area contributed by atoms with Gasteiger partial charge in [0.25, 0.3) is 5.69 Å². The molecule has 0 amide bonds. The van der Waals surface area contributed by atoms with E-state index in [1.54, 1.807) is 6.07 Å². The third-order valence-corrected chi connectivity index (χ3v) is 7.18. The molecule has 9 heteroatoms. The van der Waals surface area contributed by atoms with Gasteiger partial charge in [0, 0.05) is 32.2 Å². The molecule has 0 N–H and O–H groups in total. The zero-order valence-corrected chi connectivity index (χ0v) is 16.5. The van der Waals surface area contributed by atoms with E-state index in [-0.39, 0.29) is 16.7 Å². The SMILES string of the molecule is CC[C@@H]1CN(c2ccc(S(=O)(=O)N3CCCCCC3)cc2[N+](=O)[O-])CCO1. The highest BCUT2D eigenvalue weighted by Gasteiger charge is 2.30.